The number of nitrogens with one attached hydrogen (secondary N) is 1. The molecule has 0 saturated carbocycles. The van der Waals surface area contributed by atoms with Crippen LogP contribution in [0.5, 0.6) is 11.5 Å². The highest BCUT2D eigenvalue weighted by Crippen LogP contribution is 2.20. The molecule has 0 aliphatic carbocycles. The van der Waals surface area contributed by atoms with Gasteiger partial charge in [-0.25, -0.2) is 0 Å². The van der Waals surface area contributed by atoms with Crippen molar-refractivity contribution in [2.75, 3.05) is 20.3 Å². The Balaban J connectivity index is 1.97. The quantitative estimate of drug-likeness (QED) is 0.687. The van der Waals surface area contributed by atoms with Crippen molar-refractivity contribution in [1.29, 1.82) is 0 Å². The van der Waals surface area contributed by atoms with E-state index in [4.69, 9.17) is 9.47 Å². The van der Waals surface area contributed by atoms with Crippen LogP contribution >= 0.6 is 0 Å². The number of amides is 1. The second-order valence-electron chi connectivity index (χ2n) is 5.51. The van der Waals surface area contributed by atoms with Crippen LogP contribution < -0.4 is 14.8 Å². The van der Waals surface area contributed by atoms with E-state index in [2.05, 4.69) is 10.1 Å². The molecule has 0 saturated heterocycles. The lowest BCUT2D eigenvalue weighted by Gasteiger charge is -2.15. The second kappa shape index (κ2) is 9.72. The van der Waals surface area contributed by atoms with Crippen LogP contribution in [0.2, 0.25) is 0 Å². The Morgan fingerprint density at radius 2 is 1.81 bits per heavy atom. The fraction of sp³-hybridized carbons (Fsp3) is 0.316. The van der Waals surface area contributed by atoms with Crippen LogP contribution in [0.15, 0.2) is 48.5 Å². The summed E-state index contributed by atoms with van der Waals surface area (Å²) < 4.78 is 39.1. The molecule has 0 heterocycles. The molecule has 1 amide bonds. The Morgan fingerprint density at radius 3 is 2.46 bits per heavy atom. The van der Waals surface area contributed by atoms with Crippen LogP contribution in [0.4, 0.5) is 8.78 Å². The predicted octanol–water partition coefficient (Wildman–Crippen LogP) is 3.80. The number of hydrogen-bond acceptors (Lipinski definition) is 4. The Hall–Kier alpha value is -2.67. The molecule has 0 aromatic heterocycles. The van der Waals surface area contributed by atoms with E-state index < -0.39 is 6.61 Å². The number of carbonyl (C=O) groups excluding carboxylic acids is 1. The molecule has 26 heavy (non-hydrogen) atoms. The van der Waals surface area contributed by atoms with E-state index in [9.17, 15) is 13.6 Å². The molecule has 0 aliphatic rings. The molecule has 1 atom stereocenters. The topological polar surface area (TPSA) is 56.8 Å². The van der Waals surface area contributed by atoms with Crippen molar-refractivity contribution in [3.05, 3.63) is 59.7 Å². The highest BCUT2D eigenvalue weighted by molar-refractivity contribution is 5.94. The smallest absolute Gasteiger partial charge is 0.387 e. The molecule has 0 bridgehead atoms. The zero-order valence-electron chi connectivity index (χ0n) is 14.6. The Labute approximate surface area is 150 Å². The lowest BCUT2D eigenvalue weighted by atomic mass is 10.1. The third kappa shape index (κ3) is 6.00. The lowest BCUT2D eigenvalue weighted by molar-refractivity contribution is -0.0498. The van der Waals surface area contributed by atoms with Crippen molar-refractivity contribution in [3.8, 4) is 11.5 Å². The number of carbonyl (C=O) groups is 1. The summed E-state index contributed by atoms with van der Waals surface area (Å²) in [4.78, 5) is 12.4. The van der Waals surface area contributed by atoms with Crippen LogP contribution in [0, 0.1) is 0 Å². The molecular weight excluding hydrogens is 344 g/mol. The average molecular weight is 365 g/mol. The fourth-order valence-electron chi connectivity index (χ4n) is 2.27. The van der Waals surface area contributed by atoms with Crippen LogP contribution in [0.3, 0.4) is 0 Å². The first-order chi connectivity index (χ1) is 12.5. The summed E-state index contributed by atoms with van der Waals surface area (Å²) in [5.41, 5.74) is 1.23. The number of methoxy groups -OCH3 is 1. The summed E-state index contributed by atoms with van der Waals surface area (Å²) >= 11 is 0. The highest BCUT2D eigenvalue weighted by atomic mass is 19.3. The fourth-order valence-corrected chi connectivity index (χ4v) is 2.27. The normalized spacial score (nSPS) is 11.9. The molecule has 2 aromatic rings. The largest absolute Gasteiger partial charge is 0.491 e. The van der Waals surface area contributed by atoms with E-state index in [0.717, 1.165) is 5.56 Å². The first kappa shape index (κ1) is 19.7. The van der Waals surface area contributed by atoms with Gasteiger partial charge in [-0.05, 0) is 42.8 Å². The van der Waals surface area contributed by atoms with E-state index in [1.807, 2.05) is 0 Å². The van der Waals surface area contributed by atoms with Crippen molar-refractivity contribution in [1.82, 2.24) is 5.32 Å². The summed E-state index contributed by atoms with van der Waals surface area (Å²) in [6.07, 6.45) is 0. The third-order valence-corrected chi connectivity index (χ3v) is 3.61. The number of halogens is 2. The summed E-state index contributed by atoms with van der Waals surface area (Å²) in [6, 6.07) is 12.7. The van der Waals surface area contributed by atoms with Crippen LogP contribution in [0.1, 0.15) is 28.9 Å². The van der Waals surface area contributed by atoms with Crippen LogP contribution in [0.25, 0.3) is 0 Å². The number of benzene rings is 2. The van der Waals surface area contributed by atoms with Crippen molar-refractivity contribution < 1.29 is 27.8 Å². The number of ether oxygens (including phenoxy) is 3. The van der Waals surface area contributed by atoms with Crippen molar-refractivity contribution in [3.63, 3.8) is 0 Å². The van der Waals surface area contributed by atoms with Gasteiger partial charge in [-0.2, -0.15) is 8.78 Å². The van der Waals surface area contributed by atoms with E-state index in [1.165, 1.54) is 12.1 Å². The zero-order chi connectivity index (χ0) is 18.9. The van der Waals surface area contributed by atoms with Gasteiger partial charge in [0.2, 0.25) is 0 Å². The Bertz CT molecular complexity index is 707. The molecule has 5 nitrogen and oxygen atoms in total. The van der Waals surface area contributed by atoms with Gasteiger partial charge < -0.3 is 19.5 Å². The number of rotatable bonds is 9. The van der Waals surface area contributed by atoms with Gasteiger partial charge in [0.15, 0.2) is 0 Å². The van der Waals surface area contributed by atoms with Crippen molar-refractivity contribution in [2.24, 2.45) is 0 Å². The molecular formula is C19H21F2NO4. The van der Waals surface area contributed by atoms with Crippen LogP contribution in [-0.4, -0.2) is 32.8 Å². The van der Waals surface area contributed by atoms with Gasteiger partial charge in [0.05, 0.1) is 12.6 Å². The monoisotopic (exact) mass is 365 g/mol. The molecule has 0 fully saturated rings. The Morgan fingerprint density at radius 1 is 1.08 bits per heavy atom. The van der Waals surface area contributed by atoms with E-state index >= 15 is 0 Å². The SMILES string of the molecule is COCCOc1cccc(C(=O)N[C@@H](C)c2ccc(OC(F)F)cc2)c1. The summed E-state index contributed by atoms with van der Waals surface area (Å²) in [5, 5.41) is 2.86. The standard InChI is InChI=1S/C19H21F2NO4/c1-13(14-6-8-16(9-7-14)26-19(20)21)22-18(23)15-4-3-5-17(12-15)25-11-10-24-2/h3-9,12-13,19H,10-11H2,1-2H3,(H,22,23)/t13-/m0/s1. The minimum atomic E-state index is -2.86. The average Bonchev–Trinajstić information content (AvgIpc) is 2.62. The van der Waals surface area contributed by atoms with Gasteiger partial charge in [-0.1, -0.05) is 18.2 Å². The maximum absolute atomic E-state index is 12.4. The van der Waals surface area contributed by atoms with Gasteiger partial charge in [0.25, 0.3) is 5.91 Å². The molecule has 0 aliphatic heterocycles. The van der Waals surface area contributed by atoms with E-state index in [-0.39, 0.29) is 17.7 Å². The minimum absolute atomic E-state index is 0.0724. The summed E-state index contributed by atoms with van der Waals surface area (Å²) in [6.45, 7) is -0.208. The predicted molar refractivity (Wildman–Crippen MR) is 92.8 cm³/mol. The molecule has 7 heteroatoms. The highest BCUT2D eigenvalue weighted by Gasteiger charge is 2.13. The first-order valence-corrected chi connectivity index (χ1v) is 8.07. The molecule has 140 valence electrons. The molecule has 0 unspecified atom stereocenters. The second-order valence-corrected chi connectivity index (χ2v) is 5.51. The van der Waals surface area contributed by atoms with Gasteiger partial charge >= 0.3 is 6.61 Å². The summed E-state index contributed by atoms with van der Waals surface area (Å²) in [7, 11) is 1.58. The minimum Gasteiger partial charge on any atom is -0.491 e. The van der Waals surface area contributed by atoms with E-state index in [1.54, 1.807) is 50.4 Å². The maximum Gasteiger partial charge on any atom is 0.387 e. The molecule has 1 N–H and O–H groups in total. The lowest BCUT2D eigenvalue weighted by Crippen LogP contribution is -2.26. The Kier molecular flexibility index (Phi) is 7.35. The molecule has 0 radical (unpaired) electrons. The zero-order valence-corrected chi connectivity index (χ0v) is 14.6. The number of alkyl halides is 2. The van der Waals surface area contributed by atoms with Crippen LogP contribution in [-0.2, 0) is 4.74 Å². The maximum atomic E-state index is 12.4. The molecule has 2 rings (SSSR count). The van der Waals surface area contributed by atoms with Gasteiger partial charge in [0, 0.05) is 12.7 Å². The van der Waals surface area contributed by atoms with Gasteiger partial charge in [-0.15, -0.1) is 0 Å². The molecule has 0 spiro atoms. The van der Waals surface area contributed by atoms with E-state index in [0.29, 0.717) is 24.5 Å². The van der Waals surface area contributed by atoms with Gasteiger partial charge in [-0.3, -0.25) is 4.79 Å². The number of hydrogen-bond donors (Lipinski definition) is 1. The van der Waals surface area contributed by atoms with Crippen molar-refractivity contribution in [2.45, 2.75) is 19.6 Å². The molecule has 2 aromatic carbocycles. The third-order valence-electron chi connectivity index (χ3n) is 3.61. The van der Waals surface area contributed by atoms with Crippen molar-refractivity contribution >= 4 is 5.91 Å². The van der Waals surface area contributed by atoms with Gasteiger partial charge in [0.1, 0.15) is 18.1 Å². The summed E-state index contributed by atoms with van der Waals surface area (Å²) in [5.74, 6) is 0.390. The first-order valence-electron chi connectivity index (χ1n) is 8.07.